The maximum absolute atomic E-state index is 13.3. The minimum atomic E-state index is -0.339. The van der Waals surface area contributed by atoms with Crippen LogP contribution in [0, 0.1) is 0 Å². The molecule has 2 N–H and O–H groups in total. The van der Waals surface area contributed by atoms with Crippen LogP contribution in [0.4, 0.5) is 11.4 Å². The Morgan fingerprint density at radius 2 is 1.79 bits per heavy atom. The molecule has 0 unspecified atom stereocenters. The molecule has 3 atom stereocenters. The second-order valence-corrected chi connectivity index (χ2v) is 8.80. The Balaban J connectivity index is 1.42. The monoisotopic (exact) mass is 465 g/mol. The van der Waals surface area contributed by atoms with Gasteiger partial charge in [0.2, 0.25) is 11.8 Å². The number of benzene rings is 2. The molecule has 0 radical (unpaired) electrons. The second-order valence-electron chi connectivity index (χ2n) is 8.80. The molecule has 2 heterocycles. The molecular formula is C26H31N3O5. The lowest BCUT2D eigenvalue weighted by molar-refractivity contribution is -0.130. The molecule has 180 valence electrons. The van der Waals surface area contributed by atoms with Crippen LogP contribution in [-0.2, 0) is 14.3 Å². The van der Waals surface area contributed by atoms with Crippen LogP contribution in [0.2, 0.25) is 0 Å². The summed E-state index contributed by atoms with van der Waals surface area (Å²) >= 11 is 0. The number of likely N-dealkylation sites (N-methyl/N-ethyl adjacent to an activating group) is 1. The van der Waals surface area contributed by atoms with Crippen molar-refractivity contribution in [3.63, 3.8) is 0 Å². The molecule has 2 aliphatic rings. The number of nitrogens with one attached hydrogen (secondary N) is 2. The molecule has 1 saturated heterocycles. The molecule has 8 heteroatoms. The minimum Gasteiger partial charge on any atom is -0.490 e. The van der Waals surface area contributed by atoms with E-state index in [0.29, 0.717) is 36.3 Å². The van der Waals surface area contributed by atoms with Crippen molar-refractivity contribution in [1.29, 1.82) is 0 Å². The van der Waals surface area contributed by atoms with Gasteiger partial charge in [-0.3, -0.25) is 14.4 Å². The molecule has 8 nitrogen and oxygen atoms in total. The van der Waals surface area contributed by atoms with E-state index in [1.165, 1.54) is 0 Å². The van der Waals surface area contributed by atoms with Crippen LogP contribution >= 0.6 is 0 Å². The summed E-state index contributed by atoms with van der Waals surface area (Å²) in [7, 11) is 1.77. The van der Waals surface area contributed by atoms with Crippen molar-refractivity contribution >= 4 is 29.1 Å². The number of anilines is 2. The molecule has 4 rings (SSSR count). The molecule has 0 aromatic heterocycles. The van der Waals surface area contributed by atoms with E-state index in [4.69, 9.17) is 9.47 Å². The largest absolute Gasteiger partial charge is 0.490 e. The van der Waals surface area contributed by atoms with Gasteiger partial charge in [0.1, 0.15) is 18.5 Å². The predicted octanol–water partition coefficient (Wildman–Crippen LogP) is 3.83. The zero-order valence-corrected chi connectivity index (χ0v) is 19.6. The molecule has 1 fully saturated rings. The second kappa shape index (κ2) is 10.7. The highest BCUT2D eigenvalue weighted by atomic mass is 16.5. The molecule has 2 aromatic rings. The number of ether oxygens (including phenoxy) is 2. The quantitative estimate of drug-likeness (QED) is 0.676. The van der Waals surface area contributed by atoms with E-state index in [9.17, 15) is 14.4 Å². The van der Waals surface area contributed by atoms with Crippen LogP contribution in [0.5, 0.6) is 5.75 Å². The summed E-state index contributed by atoms with van der Waals surface area (Å²) in [5.41, 5.74) is 1.74. The van der Waals surface area contributed by atoms with Gasteiger partial charge in [0.25, 0.3) is 5.91 Å². The summed E-state index contributed by atoms with van der Waals surface area (Å²) in [6.07, 6.45) is 2.21. The zero-order valence-electron chi connectivity index (χ0n) is 19.6. The molecule has 0 bridgehead atoms. The average Bonchev–Trinajstić information content (AvgIpc) is 2.82. The lowest BCUT2D eigenvalue weighted by Crippen LogP contribution is -2.53. The van der Waals surface area contributed by atoms with E-state index < -0.39 is 0 Å². The fourth-order valence-electron chi connectivity index (χ4n) is 4.50. The van der Waals surface area contributed by atoms with Crippen molar-refractivity contribution in [3.05, 3.63) is 54.1 Å². The van der Waals surface area contributed by atoms with Gasteiger partial charge in [-0.25, -0.2) is 0 Å². The first-order valence-electron chi connectivity index (χ1n) is 11.8. The third kappa shape index (κ3) is 5.56. The SMILES string of the molecule is CCCC(=O)Nc1ccc2c(c1)C(=O)N(C)[C@H]1CC[C@@H](CC(=O)Nc3ccccc3)O[C@@H]1CO2. The number of carbonyl (C=O) groups is 3. The highest BCUT2D eigenvalue weighted by molar-refractivity contribution is 5.99. The van der Waals surface area contributed by atoms with Crippen LogP contribution < -0.4 is 15.4 Å². The van der Waals surface area contributed by atoms with E-state index in [2.05, 4.69) is 10.6 Å². The van der Waals surface area contributed by atoms with Crippen molar-refractivity contribution in [2.75, 3.05) is 24.3 Å². The normalized spacial score (nSPS) is 21.9. The van der Waals surface area contributed by atoms with Gasteiger partial charge in [0, 0.05) is 24.8 Å². The third-order valence-corrected chi connectivity index (χ3v) is 6.24. The lowest BCUT2D eigenvalue weighted by atomic mass is 9.94. The van der Waals surface area contributed by atoms with Gasteiger partial charge >= 0.3 is 0 Å². The van der Waals surface area contributed by atoms with Gasteiger partial charge in [0.05, 0.1) is 24.1 Å². The molecular weight excluding hydrogens is 434 g/mol. The number of hydrogen-bond donors (Lipinski definition) is 2. The van der Waals surface area contributed by atoms with Gasteiger partial charge in [0.15, 0.2) is 0 Å². The molecule has 2 aromatic carbocycles. The Labute approximate surface area is 199 Å². The summed E-state index contributed by atoms with van der Waals surface area (Å²) in [6, 6.07) is 14.3. The Kier molecular flexibility index (Phi) is 7.47. The minimum absolute atomic E-state index is 0.0851. The first kappa shape index (κ1) is 23.8. The number of carbonyl (C=O) groups excluding carboxylic acids is 3. The number of hydrogen-bond acceptors (Lipinski definition) is 5. The van der Waals surface area contributed by atoms with Crippen molar-refractivity contribution in [1.82, 2.24) is 4.90 Å². The maximum Gasteiger partial charge on any atom is 0.257 e. The van der Waals surface area contributed by atoms with E-state index in [0.717, 1.165) is 12.1 Å². The van der Waals surface area contributed by atoms with Gasteiger partial charge in [-0.2, -0.15) is 0 Å². The van der Waals surface area contributed by atoms with Crippen LogP contribution in [0.3, 0.4) is 0 Å². The summed E-state index contributed by atoms with van der Waals surface area (Å²) < 4.78 is 12.2. The fourth-order valence-corrected chi connectivity index (χ4v) is 4.50. The lowest BCUT2D eigenvalue weighted by Gasteiger charge is -2.42. The number of rotatable bonds is 6. The van der Waals surface area contributed by atoms with Gasteiger partial charge < -0.3 is 25.0 Å². The van der Waals surface area contributed by atoms with Crippen molar-refractivity contribution < 1.29 is 23.9 Å². The van der Waals surface area contributed by atoms with E-state index >= 15 is 0 Å². The van der Waals surface area contributed by atoms with Crippen molar-refractivity contribution in [3.8, 4) is 5.75 Å². The summed E-state index contributed by atoms with van der Waals surface area (Å²) in [4.78, 5) is 39.4. The van der Waals surface area contributed by atoms with E-state index in [1.807, 2.05) is 37.3 Å². The molecule has 0 aliphatic carbocycles. The molecule has 0 spiro atoms. The third-order valence-electron chi connectivity index (χ3n) is 6.24. The number of nitrogens with zero attached hydrogens (tertiary/aromatic N) is 1. The van der Waals surface area contributed by atoms with Gasteiger partial charge in [-0.15, -0.1) is 0 Å². The van der Waals surface area contributed by atoms with Gasteiger partial charge in [-0.05, 0) is 49.6 Å². The fraction of sp³-hybridized carbons (Fsp3) is 0.423. The standard InChI is InChI=1S/C26H31N3O5/c1-3-7-24(30)28-18-10-13-22-20(14-18)26(32)29(2)21-12-11-19(34-23(21)16-33-22)15-25(31)27-17-8-5-4-6-9-17/h4-6,8-10,13-14,19,21,23H,3,7,11-12,15-16H2,1-2H3,(H,27,31)(H,28,30)/t19-,21-,23+/m0/s1. The van der Waals surface area contributed by atoms with Crippen LogP contribution in [-0.4, -0.2) is 54.5 Å². The van der Waals surface area contributed by atoms with E-state index in [1.54, 1.807) is 30.1 Å². The molecule has 34 heavy (non-hydrogen) atoms. The van der Waals surface area contributed by atoms with Crippen LogP contribution in [0.1, 0.15) is 49.4 Å². The number of amides is 3. The first-order valence-corrected chi connectivity index (χ1v) is 11.8. The molecule has 2 aliphatic heterocycles. The maximum atomic E-state index is 13.3. The van der Waals surface area contributed by atoms with Gasteiger partial charge in [-0.1, -0.05) is 25.1 Å². The topological polar surface area (TPSA) is 97.0 Å². The molecule has 0 saturated carbocycles. The molecule has 3 amide bonds. The predicted molar refractivity (Wildman–Crippen MR) is 129 cm³/mol. The highest BCUT2D eigenvalue weighted by Crippen LogP contribution is 2.32. The Bertz CT molecular complexity index is 1040. The van der Waals surface area contributed by atoms with E-state index in [-0.39, 0.29) is 49.0 Å². The Morgan fingerprint density at radius 3 is 2.56 bits per heavy atom. The summed E-state index contributed by atoms with van der Waals surface area (Å²) in [5.74, 6) is 0.0865. The van der Waals surface area contributed by atoms with Crippen LogP contribution in [0.25, 0.3) is 0 Å². The highest BCUT2D eigenvalue weighted by Gasteiger charge is 2.39. The Morgan fingerprint density at radius 1 is 1.03 bits per heavy atom. The smallest absolute Gasteiger partial charge is 0.257 e. The average molecular weight is 466 g/mol. The van der Waals surface area contributed by atoms with Crippen molar-refractivity contribution in [2.24, 2.45) is 0 Å². The zero-order chi connectivity index (χ0) is 24.1. The number of para-hydroxylation sites is 1. The number of fused-ring (bicyclic) bond motifs is 2. The summed E-state index contributed by atoms with van der Waals surface area (Å²) in [6.45, 7) is 2.21. The first-order chi connectivity index (χ1) is 16.4. The van der Waals surface area contributed by atoms with Crippen LogP contribution in [0.15, 0.2) is 48.5 Å². The van der Waals surface area contributed by atoms with Crippen molar-refractivity contribution in [2.45, 2.75) is 57.3 Å². The summed E-state index contributed by atoms with van der Waals surface area (Å²) in [5, 5.41) is 5.73. The Hall–Kier alpha value is -3.39.